The van der Waals surface area contributed by atoms with Crippen LogP contribution in [-0.4, -0.2) is 54.2 Å². The molecule has 8 nitrogen and oxygen atoms in total. The lowest BCUT2D eigenvalue weighted by Crippen LogP contribution is -2.37. The summed E-state index contributed by atoms with van der Waals surface area (Å²) in [4.78, 5) is 29.8. The van der Waals surface area contributed by atoms with Crippen molar-refractivity contribution in [2.75, 3.05) is 26.2 Å². The molecule has 36 heavy (non-hydrogen) atoms. The molecular formula is C25H30F3N5O3. The summed E-state index contributed by atoms with van der Waals surface area (Å²) in [7, 11) is 0. The first-order chi connectivity index (χ1) is 17.2. The van der Waals surface area contributed by atoms with E-state index >= 15 is 0 Å². The Morgan fingerprint density at radius 2 is 1.61 bits per heavy atom. The molecule has 2 amide bonds. The van der Waals surface area contributed by atoms with E-state index in [1.54, 1.807) is 6.08 Å². The molecule has 2 fully saturated rings. The van der Waals surface area contributed by atoms with E-state index in [0.717, 1.165) is 56.6 Å². The molecule has 1 aromatic carbocycles. The first kappa shape index (κ1) is 24.5. The number of halogens is 3. The van der Waals surface area contributed by atoms with E-state index in [-0.39, 0.29) is 23.5 Å². The Hall–Kier alpha value is -3.21. The van der Waals surface area contributed by atoms with Crippen molar-refractivity contribution in [3.05, 3.63) is 47.3 Å². The minimum Gasteiger partial charge on any atom is -0.406 e. The van der Waals surface area contributed by atoms with Gasteiger partial charge in [0, 0.05) is 56.0 Å². The molecular weight excluding hydrogens is 475 g/mol. The maximum Gasteiger partial charge on any atom is 0.573 e. The molecule has 0 radical (unpaired) electrons. The Balaban J connectivity index is 1.11. The summed E-state index contributed by atoms with van der Waals surface area (Å²) in [5, 5.41) is 0. The second-order valence-corrected chi connectivity index (χ2v) is 9.89. The number of nitrogens with one attached hydrogen (secondary N) is 3. The summed E-state index contributed by atoms with van der Waals surface area (Å²) < 4.78 is 40.8. The maximum atomic E-state index is 13.2. The van der Waals surface area contributed by atoms with E-state index in [0.29, 0.717) is 30.5 Å². The van der Waals surface area contributed by atoms with Crippen molar-refractivity contribution in [3.63, 3.8) is 0 Å². The SMILES string of the molecule is O=C(/C=C/c1ccc(OC(F)(F)F)cc1)N1CC[C@@H]2CN(C(=O)[C@H]3CCC4=C(C3)NNN4)C[C@@H]2CC1. The Morgan fingerprint density at radius 3 is 2.28 bits per heavy atom. The van der Waals surface area contributed by atoms with Crippen LogP contribution in [0.25, 0.3) is 6.08 Å². The molecule has 11 heteroatoms. The summed E-state index contributed by atoms with van der Waals surface area (Å²) in [6.07, 6.45) is 2.48. The molecule has 3 N–H and O–H groups in total. The van der Waals surface area contributed by atoms with Crippen LogP contribution in [0, 0.1) is 17.8 Å². The van der Waals surface area contributed by atoms with Crippen molar-refractivity contribution in [2.45, 2.75) is 38.5 Å². The average Bonchev–Trinajstić information content (AvgIpc) is 3.44. The van der Waals surface area contributed by atoms with Crippen molar-refractivity contribution in [1.82, 2.24) is 26.2 Å². The summed E-state index contributed by atoms with van der Waals surface area (Å²) in [6.45, 7) is 2.76. The summed E-state index contributed by atoms with van der Waals surface area (Å²) in [6, 6.07) is 5.39. The van der Waals surface area contributed by atoms with Gasteiger partial charge in [0.1, 0.15) is 5.75 Å². The van der Waals surface area contributed by atoms with Crippen molar-refractivity contribution >= 4 is 17.9 Å². The number of hydrogen-bond acceptors (Lipinski definition) is 6. The Bertz CT molecular complexity index is 1040. The van der Waals surface area contributed by atoms with Crippen LogP contribution >= 0.6 is 0 Å². The zero-order valence-electron chi connectivity index (χ0n) is 19.8. The number of hydrazine groups is 2. The van der Waals surface area contributed by atoms with Crippen LogP contribution in [0.1, 0.15) is 37.7 Å². The van der Waals surface area contributed by atoms with Gasteiger partial charge < -0.3 is 25.4 Å². The highest BCUT2D eigenvalue weighted by molar-refractivity contribution is 5.91. The van der Waals surface area contributed by atoms with Gasteiger partial charge in [-0.1, -0.05) is 12.1 Å². The topological polar surface area (TPSA) is 85.9 Å². The Kier molecular flexibility index (Phi) is 6.83. The van der Waals surface area contributed by atoms with E-state index in [1.165, 1.54) is 30.3 Å². The molecule has 0 aromatic heterocycles. The molecule has 5 rings (SSSR count). The zero-order chi connectivity index (χ0) is 25.3. The van der Waals surface area contributed by atoms with Crippen LogP contribution in [0.2, 0.25) is 0 Å². The summed E-state index contributed by atoms with van der Waals surface area (Å²) >= 11 is 0. The molecule has 4 aliphatic rings. The number of allylic oxidation sites excluding steroid dienone is 2. The number of benzene rings is 1. The lowest BCUT2D eigenvalue weighted by Gasteiger charge is -2.27. The third-order valence-corrected chi connectivity index (χ3v) is 7.61. The van der Waals surface area contributed by atoms with Crippen LogP contribution in [0.5, 0.6) is 5.75 Å². The Morgan fingerprint density at radius 1 is 0.944 bits per heavy atom. The number of carbonyl (C=O) groups is 2. The highest BCUT2D eigenvalue weighted by Gasteiger charge is 2.40. The monoisotopic (exact) mass is 505 g/mol. The van der Waals surface area contributed by atoms with Crippen LogP contribution in [0.3, 0.4) is 0 Å². The van der Waals surface area contributed by atoms with Crippen molar-refractivity contribution in [1.29, 1.82) is 0 Å². The molecule has 0 unspecified atom stereocenters. The summed E-state index contributed by atoms with van der Waals surface area (Å²) in [5.41, 5.74) is 11.9. The van der Waals surface area contributed by atoms with Gasteiger partial charge in [0.2, 0.25) is 11.8 Å². The second kappa shape index (κ2) is 10.0. The van der Waals surface area contributed by atoms with E-state index < -0.39 is 6.36 Å². The van der Waals surface area contributed by atoms with Gasteiger partial charge in [-0.2, -0.15) is 5.53 Å². The molecule has 1 aliphatic carbocycles. The van der Waals surface area contributed by atoms with Crippen molar-refractivity contribution in [2.24, 2.45) is 17.8 Å². The van der Waals surface area contributed by atoms with Gasteiger partial charge in [-0.25, -0.2) is 0 Å². The zero-order valence-corrected chi connectivity index (χ0v) is 19.8. The number of nitrogens with zero attached hydrogens (tertiary/aromatic N) is 2. The predicted octanol–water partition coefficient (Wildman–Crippen LogP) is 2.92. The highest BCUT2D eigenvalue weighted by atomic mass is 19.4. The lowest BCUT2D eigenvalue weighted by atomic mass is 9.89. The van der Waals surface area contributed by atoms with Crippen LogP contribution in [0.15, 0.2) is 41.7 Å². The van der Waals surface area contributed by atoms with Crippen molar-refractivity contribution in [3.8, 4) is 5.75 Å². The second-order valence-electron chi connectivity index (χ2n) is 9.89. The lowest BCUT2D eigenvalue weighted by molar-refractivity contribution is -0.274. The van der Waals surface area contributed by atoms with Gasteiger partial charge in [0.25, 0.3) is 0 Å². The summed E-state index contributed by atoms with van der Waals surface area (Å²) in [5.74, 6) is 0.623. The van der Waals surface area contributed by atoms with E-state index in [4.69, 9.17) is 0 Å². The molecule has 0 saturated carbocycles. The van der Waals surface area contributed by atoms with Gasteiger partial charge in [-0.05, 0) is 61.3 Å². The van der Waals surface area contributed by atoms with E-state index in [9.17, 15) is 22.8 Å². The fraction of sp³-hybridized carbons (Fsp3) is 0.520. The van der Waals surface area contributed by atoms with Gasteiger partial charge in [-0.3, -0.25) is 9.59 Å². The number of likely N-dealkylation sites (tertiary alicyclic amines) is 2. The third-order valence-electron chi connectivity index (χ3n) is 7.61. The number of ether oxygens (including phenoxy) is 1. The number of amides is 2. The van der Waals surface area contributed by atoms with Crippen LogP contribution < -0.4 is 21.1 Å². The number of rotatable bonds is 4. The largest absolute Gasteiger partial charge is 0.573 e. The number of alkyl halides is 3. The quantitative estimate of drug-likeness (QED) is 0.546. The van der Waals surface area contributed by atoms with Gasteiger partial charge in [0.05, 0.1) is 0 Å². The van der Waals surface area contributed by atoms with Crippen LogP contribution in [-0.2, 0) is 9.59 Å². The maximum absolute atomic E-state index is 13.2. The number of hydrogen-bond donors (Lipinski definition) is 3. The van der Waals surface area contributed by atoms with Crippen molar-refractivity contribution < 1.29 is 27.5 Å². The molecule has 1 aromatic rings. The van der Waals surface area contributed by atoms with Gasteiger partial charge in [-0.15, -0.1) is 13.2 Å². The fourth-order valence-corrected chi connectivity index (χ4v) is 5.66. The smallest absolute Gasteiger partial charge is 0.406 e. The first-order valence-corrected chi connectivity index (χ1v) is 12.4. The molecule has 3 heterocycles. The minimum absolute atomic E-state index is 0.0117. The van der Waals surface area contributed by atoms with Gasteiger partial charge >= 0.3 is 6.36 Å². The van der Waals surface area contributed by atoms with Gasteiger partial charge in [0.15, 0.2) is 0 Å². The molecule has 3 aliphatic heterocycles. The highest BCUT2D eigenvalue weighted by Crippen LogP contribution is 2.35. The normalized spacial score (nSPS) is 26.2. The first-order valence-electron chi connectivity index (χ1n) is 12.4. The molecule has 0 bridgehead atoms. The van der Waals surface area contributed by atoms with Crippen LogP contribution in [0.4, 0.5) is 13.2 Å². The number of carbonyl (C=O) groups excluding carboxylic acids is 2. The fourth-order valence-electron chi connectivity index (χ4n) is 5.66. The predicted molar refractivity (Wildman–Crippen MR) is 125 cm³/mol. The molecule has 2 saturated heterocycles. The minimum atomic E-state index is -4.73. The molecule has 194 valence electrons. The molecule has 0 spiro atoms. The molecule has 3 atom stereocenters. The Labute approximate surface area is 207 Å². The van der Waals surface area contributed by atoms with E-state index in [2.05, 4.69) is 21.1 Å². The third kappa shape index (κ3) is 5.61. The number of fused-ring (bicyclic) bond motifs is 1. The van der Waals surface area contributed by atoms with E-state index in [1.807, 2.05) is 9.80 Å². The standard InChI is InChI=1S/C25H30F3N5O3/c26-25(27,28)36-20-5-1-16(2-6-20)3-8-23(34)32-11-9-18-14-33(15-19(18)10-12-32)24(35)17-4-7-21-22(13-17)30-31-29-21/h1-3,5-6,8,17-19,29-31H,4,7,9-15H2/b8-3+/t17-,18-,19+/m0/s1. The average molecular weight is 506 g/mol.